The summed E-state index contributed by atoms with van der Waals surface area (Å²) in [6.45, 7) is 1.49. The van der Waals surface area contributed by atoms with Gasteiger partial charge in [0.2, 0.25) is 6.41 Å². The van der Waals surface area contributed by atoms with E-state index >= 15 is 0 Å². The minimum atomic E-state index is -4.69. The van der Waals surface area contributed by atoms with Gasteiger partial charge in [-0.05, 0) is 24.6 Å². The van der Waals surface area contributed by atoms with Gasteiger partial charge < -0.3 is 10.0 Å². The highest BCUT2D eigenvalue weighted by Crippen LogP contribution is 2.34. The molecule has 1 atom stereocenters. The van der Waals surface area contributed by atoms with E-state index in [1.807, 2.05) is 6.92 Å². The second kappa shape index (κ2) is 7.09. The number of rotatable bonds is 6. The van der Waals surface area contributed by atoms with Crippen LogP contribution in [0.4, 0.5) is 18.9 Å². The van der Waals surface area contributed by atoms with Crippen molar-refractivity contribution in [1.82, 2.24) is 0 Å². The number of hydrogen-bond acceptors (Lipinski definition) is 3. The van der Waals surface area contributed by atoms with Crippen molar-refractivity contribution >= 4 is 12.1 Å². The number of nitrogens with zero attached hydrogens (tertiary/aromatic N) is 2. The molecule has 0 aliphatic heterocycles. The minimum Gasteiger partial charge on any atom is -0.394 e. The first-order valence-electron chi connectivity index (χ1n) is 6.34. The summed E-state index contributed by atoms with van der Waals surface area (Å²) < 4.78 is 38.7. The number of aliphatic hydroxyl groups excluding tert-OH is 1. The lowest BCUT2D eigenvalue weighted by Gasteiger charge is -2.27. The average molecular weight is 300 g/mol. The monoisotopic (exact) mass is 300 g/mol. The maximum absolute atomic E-state index is 12.9. The number of carbonyl (C=O) groups excluding carboxylic acids is 1. The Morgan fingerprint density at radius 2 is 2.14 bits per heavy atom. The molecule has 7 heteroatoms. The van der Waals surface area contributed by atoms with E-state index in [2.05, 4.69) is 0 Å². The molecule has 1 aromatic carbocycles. The second-order valence-electron chi connectivity index (χ2n) is 4.48. The number of aliphatic hydroxyl groups is 1. The van der Waals surface area contributed by atoms with Crippen molar-refractivity contribution in [2.75, 3.05) is 11.5 Å². The molecule has 0 fully saturated rings. The molecule has 1 aromatic rings. The van der Waals surface area contributed by atoms with Gasteiger partial charge in [0.1, 0.15) is 0 Å². The third-order valence-electron chi connectivity index (χ3n) is 3.07. The molecule has 114 valence electrons. The Balaban J connectivity index is 3.29. The van der Waals surface area contributed by atoms with Gasteiger partial charge in [0.05, 0.1) is 29.8 Å². The molecular weight excluding hydrogens is 285 g/mol. The lowest BCUT2D eigenvalue weighted by atomic mass is 10.0. The first-order chi connectivity index (χ1) is 9.88. The van der Waals surface area contributed by atoms with E-state index in [1.54, 1.807) is 0 Å². The number of nitriles is 1. The van der Waals surface area contributed by atoms with Crippen molar-refractivity contribution in [3.05, 3.63) is 29.3 Å². The fourth-order valence-corrected chi connectivity index (χ4v) is 2.03. The summed E-state index contributed by atoms with van der Waals surface area (Å²) in [7, 11) is 0. The number of alkyl halides is 3. The molecule has 0 saturated heterocycles. The maximum atomic E-state index is 12.9. The van der Waals surface area contributed by atoms with Crippen molar-refractivity contribution in [3.8, 4) is 6.07 Å². The third-order valence-corrected chi connectivity index (χ3v) is 3.07. The molecule has 4 nitrogen and oxygen atoms in total. The molecule has 0 aromatic heterocycles. The molecule has 1 unspecified atom stereocenters. The van der Waals surface area contributed by atoms with Crippen molar-refractivity contribution in [2.45, 2.75) is 32.0 Å². The zero-order chi connectivity index (χ0) is 16.0. The molecule has 0 aliphatic carbocycles. The van der Waals surface area contributed by atoms with Crippen LogP contribution in [-0.4, -0.2) is 24.2 Å². The molecule has 0 heterocycles. The van der Waals surface area contributed by atoms with Gasteiger partial charge in [-0.25, -0.2) is 0 Å². The Morgan fingerprint density at radius 1 is 1.48 bits per heavy atom. The molecule has 1 amide bonds. The van der Waals surface area contributed by atoms with Gasteiger partial charge in [-0.1, -0.05) is 13.3 Å². The number of halogens is 3. The highest BCUT2D eigenvalue weighted by Gasteiger charge is 2.34. The number of hydrogen-bond donors (Lipinski definition) is 1. The van der Waals surface area contributed by atoms with Crippen molar-refractivity contribution < 1.29 is 23.1 Å². The van der Waals surface area contributed by atoms with E-state index in [0.29, 0.717) is 19.3 Å². The highest BCUT2D eigenvalue weighted by atomic mass is 19.4. The largest absolute Gasteiger partial charge is 0.417 e. The van der Waals surface area contributed by atoms with Crippen LogP contribution in [0.1, 0.15) is 30.9 Å². The van der Waals surface area contributed by atoms with E-state index in [4.69, 9.17) is 5.26 Å². The van der Waals surface area contributed by atoms with Crippen LogP contribution in [0.5, 0.6) is 0 Å². The molecule has 0 radical (unpaired) electrons. The fraction of sp³-hybridized carbons (Fsp3) is 0.429. The van der Waals surface area contributed by atoms with Gasteiger partial charge in [0, 0.05) is 5.69 Å². The zero-order valence-corrected chi connectivity index (χ0v) is 11.4. The Labute approximate surface area is 120 Å². The summed E-state index contributed by atoms with van der Waals surface area (Å²) in [4.78, 5) is 12.2. The second-order valence-corrected chi connectivity index (χ2v) is 4.48. The van der Waals surface area contributed by atoms with Crippen LogP contribution in [0, 0.1) is 11.3 Å². The molecule has 21 heavy (non-hydrogen) atoms. The van der Waals surface area contributed by atoms with E-state index in [9.17, 15) is 23.1 Å². The number of benzene rings is 1. The van der Waals surface area contributed by atoms with E-state index in [1.165, 1.54) is 12.1 Å². The predicted octanol–water partition coefficient (Wildman–Crippen LogP) is 2.70. The third kappa shape index (κ3) is 3.95. The minimum absolute atomic E-state index is 0.00354. The summed E-state index contributed by atoms with van der Waals surface area (Å²) in [5.74, 6) is 0. The molecule has 0 bridgehead atoms. The maximum Gasteiger partial charge on any atom is 0.417 e. The molecule has 1 rings (SSSR count). The molecule has 1 N–H and O–H groups in total. The Hall–Kier alpha value is -2.07. The van der Waals surface area contributed by atoms with E-state index in [-0.39, 0.29) is 12.3 Å². The SMILES string of the molecule is CCCC(CO)N(C=O)c1ccc(C#N)c(C(F)(F)F)c1. The van der Waals surface area contributed by atoms with Crippen LogP contribution in [0.25, 0.3) is 0 Å². The average Bonchev–Trinajstić information content (AvgIpc) is 2.46. The van der Waals surface area contributed by atoms with Crippen LogP contribution in [-0.2, 0) is 11.0 Å². The predicted molar refractivity (Wildman–Crippen MR) is 70.5 cm³/mol. The molecular formula is C14H15F3N2O2. The van der Waals surface area contributed by atoms with Crippen LogP contribution in [0.3, 0.4) is 0 Å². The van der Waals surface area contributed by atoms with E-state index in [0.717, 1.165) is 17.0 Å². The topological polar surface area (TPSA) is 64.3 Å². The number of carbonyl (C=O) groups is 1. The Morgan fingerprint density at radius 3 is 2.57 bits per heavy atom. The molecule has 0 spiro atoms. The lowest BCUT2D eigenvalue weighted by Crippen LogP contribution is -2.37. The first kappa shape index (κ1) is 17.0. The summed E-state index contributed by atoms with van der Waals surface area (Å²) >= 11 is 0. The number of anilines is 1. The number of amides is 1. The fourth-order valence-electron chi connectivity index (χ4n) is 2.03. The summed E-state index contributed by atoms with van der Waals surface area (Å²) in [6, 6.07) is 3.93. The lowest BCUT2D eigenvalue weighted by molar-refractivity contribution is -0.137. The van der Waals surface area contributed by atoms with Gasteiger partial charge in [0.25, 0.3) is 0 Å². The Bertz CT molecular complexity index is 538. The smallest absolute Gasteiger partial charge is 0.394 e. The highest BCUT2D eigenvalue weighted by molar-refractivity contribution is 5.77. The van der Waals surface area contributed by atoms with Crippen LogP contribution in [0.2, 0.25) is 0 Å². The van der Waals surface area contributed by atoms with E-state index < -0.39 is 23.3 Å². The van der Waals surface area contributed by atoms with Gasteiger partial charge in [-0.2, -0.15) is 18.4 Å². The van der Waals surface area contributed by atoms with Crippen LogP contribution < -0.4 is 4.90 Å². The quantitative estimate of drug-likeness (QED) is 0.822. The summed E-state index contributed by atoms with van der Waals surface area (Å²) in [5.41, 5.74) is -1.60. The van der Waals surface area contributed by atoms with Gasteiger partial charge in [-0.15, -0.1) is 0 Å². The van der Waals surface area contributed by atoms with Crippen molar-refractivity contribution in [2.24, 2.45) is 0 Å². The standard InChI is InChI=1S/C14H15F3N2O2/c1-2-3-12(8-20)19(9-21)11-5-4-10(7-18)13(6-11)14(15,16)17/h4-6,9,12,20H,2-3,8H2,1H3. The van der Waals surface area contributed by atoms with Gasteiger partial charge in [-0.3, -0.25) is 4.79 Å². The first-order valence-corrected chi connectivity index (χ1v) is 6.34. The zero-order valence-electron chi connectivity index (χ0n) is 11.4. The summed E-state index contributed by atoms with van der Waals surface area (Å²) in [5, 5.41) is 18.0. The summed E-state index contributed by atoms with van der Waals surface area (Å²) in [6.07, 6.45) is -3.18. The van der Waals surface area contributed by atoms with Gasteiger partial charge >= 0.3 is 6.18 Å². The van der Waals surface area contributed by atoms with Gasteiger partial charge in [0.15, 0.2) is 0 Å². The molecule has 0 saturated carbocycles. The van der Waals surface area contributed by atoms with Crippen LogP contribution in [0.15, 0.2) is 18.2 Å². The Kier molecular flexibility index (Phi) is 5.73. The molecule has 0 aliphatic rings. The normalized spacial score (nSPS) is 12.6. The van der Waals surface area contributed by atoms with Crippen LogP contribution >= 0.6 is 0 Å². The van der Waals surface area contributed by atoms with Crippen molar-refractivity contribution in [3.63, 3.8) is 0 Å². The van der Waals surface area contributed by atoms with Crippen molar-refractivity contribution in [1.29, 1.82) is 5.26 Å².